The molecular weight excluding hydrogens is 314 g/mol. The minimum absolute atomic E-state index is 0.113. The minimum Gasteiger partial charge on any atom is -0.326 e. The van der Waals surface area contributed by atoms with Crippen LogP contribution < -0.4 is 5.73 Å². The summed E-state index contributed by atoms with van der Waals surface area (Å²) in [6, 6.07) is 9.44. The highest BCUT2D eigenvalue weighted by atomic mass is 79.9. The van der Waals surface area contributed by atoms with E-state index < -0.39 is 0 Å². The van der Waals surface area contributed by atoms with E-state index in [1.807, 2.05) is 0 Å². The van der Waals surface area contributed by atoms with E-state index in [1.54, 1.807) is 0 Å². The molecule has 3 nitrogen and oxygen atoms in total. The van der Waals surface area contributed by atoms with Gasteiger partial charge in [0.2, 0.25) is 0 Å². The third-order valence-corrected chi connectivity index (χ3v) is 5.10. The molecule has 4 heteroatoms. The van der Waals surface area contributed by atoms with Crippen molar-refractivity contribution in [2.75, 3.05) is 27.2 Å². The maximum absolute atomic E-state index is 6.31. The van der Waals surface area contributed by atoms with Crippen LogP contribution in [-0.4, -0.2) is 49.1 Å². The van der Waals surface area contributed by atoms with Gasteiger partial charge in [0.05, 0.1) is 6.04 Å². The summed E-state index contributed by atoms with van der Waals surface area (Å²) >= 11 is 3.68. The van der Waals surface area contributed by atoms with Gasteiger partial charge in [-0.1, -0.05) is 41.1 Å². The Kier molecular flexibility index (Phi) is 5.24. The summed E-state index contributed by atoms with van der Waals surface area (Å²) in [7, 11) is 4.34. The number of hydrogen-bond donors (Lipinski definition) is 1. The van der Waals surface area contributed by atoms with E-state index in [0.29, 0.717) is 12.0 Å². The van der Waals surface area contributed by atoms with Crippen LogP contribution in [-0.2, 0) is 0 Å². The predicted octanol–water partition coefficient (Wildman–Crippen LogP) is 2.72. The predicted molar refractivity (Wildman–Crippen MR) is 88.7 cm³/mol. The van der Waals surface area contributed by atoms with Gasteiger partial charge in [-0.05, 0) is 38.6 Å². The molecule has 0 saturated carbocycles. The van der Waals surface area contributed by atoms with Crippen molar-refractivity contribution in [3.63, 3.8) is 0 Å². The van der Waals surface area contributed by atoms with Crippen molar-refractivity contribution < 1.29 is 0 Å². The average Bonchev–Trinajstić information content (AvgIpc) is 2.73. The second-order valence-electron chi connectivity index (χ2n) is 6.29. The molecule has 0 bridgehead atoms. The van der Waals surface area contributed by atoms with Gasteiger partial charge in [-0.3, -0.25) is 4.90 Å². The lowest BCUT2D eigenvalue weighted by atomic mass is 9.99. The Balaban J connectivity index is 2.25. The van der Waals surface area contributed by atoms with E-state index >= 15 is 0 Å². The zero-order valence-corrected chi connectivity index (χ0v) is 14.5. The highest BCUT2D eigenvalue weighted by Gasteiger charge is 2.37. The van der Waals surface area contributed by atoms with Crippen molar-refractivity contribution >= 4 is 15.9 Å². The Labute approximate surface area is 131 Å². The Morgan fingerprint density at radius 1 is 1.30 bits per heavy atom. The number of nitrogens with zero attached hydrogens (tertiary/aromatic N) is 2. The maximum Gasteiger partial charge on any atom is 0.0508 e. The summed E-state index contributed by atoms with van der Waals surface area (Å²) in [5.41, 5.74) is 7.61. The zero-order valence-electron chi connectivity index (χ0n) is 12.9. The lowest BCUT2D eigenvalue weighted by Gasteiger charge is -2.32. The highest BCUT2D eigenvalue weighted by molar-refractivity contribution is 9.10. The molecule has 112 valence electrons. The zero-order chi connectivity index (χ0) is 14.9. The first-order chi connectivity index (χ1) is 9.41. The van der Waals surface area contributed by atoms with Crippen LogP contribution in [0.25, 0.3) is 0 Å². The monoisotopic (exact) mass is 339 g/mol. The molecule has 0 aromatic heterocycles. The molecule has 1 aromatic rings. The quantitative estimate of drug-likeness (QED) is 0.915. The molecule has 1 aliphatic heterocycles. The highest BCUT2D eigenvalue weighted by Crippen LogP contribution is 2.34. The molecule has 1 aromatic carbocycles. The van der Waals surface area contributed by atoms with E-state index in [-0.39, 0.29) is 12.1 Å². The van der Waals surface area contributed by atoms with E-state index in [2.05, 4.69) is 77.9 Å². The second-order valence-corrected chi connectivity index (χ2v) is 7.14. The SMILES string of the molecule is CC(N)C(c1ccccc1Br)N1CC(C)C(N(C)C)C1. The third-order valence-electron chi connectivity index (χ3n) is 4.38. The lowest BCUT2D eigenvalue weighted by Crippen LogP contribution is -2.40. The molecule has 1 aliphatic rings. The molecule has 2 rings (SSSR count). The fourth-order valence-electron chi connectivity index (χ4n) is 3.41. The fourth-order valence-corrected chi connectivity index (χ4v) is 3.93. The van der Waals surface area contributed by atoms with Crippen molar-refractivity contribution in [2.24, 2.45) is 11.7 Å². The normalized spacial score (nSPS) is 26.9. The molecule has 0 spiro atoms. The largest absolute Gasteiger partial charge is 0.326 e. The molecule has 1 saturated heterocycles. The third kappa shape index (κ3) is 3.25. The summed E-state index contributed by atoms with van der Waals surface area (Å²) in [5.74, 6) is 0.675. The number of likely N-dealkylation sites (tertiary alicyclic amines) is 1. The van der Waals surface area contributed by atoms with Crippen LogP contribution >= 0.6 is 15.9 Å². The minimum atomic E-state index is 0.113. The van der Waals surface area contributed by atoms with Gasteiger partial charge < -0.3 is 10.6 Å². The van der Waals surface area contributed by atoms with Gasteiger partial charge in [0, 0.05) is 29.6 Å². The summed E-state index contributed by atoms with van der Waals surface area (Å²) in [5, 5.41) is 0. The van der Waals surface area contributed by atoms with Crippen LogP contribution in [0.5, 0.6) is 0 Å². The van der Waals surface area contributed by atoms with Gasteiger partial charge in [-0.25, -0.2) is 0 Å². The number of likely N-dealkylation sites (N-methyl/N-ethyl adjacent to an activating group) is 1. The maximum atomic E-state index is 6.31. The summed E-state index contributed by atoms with van der Waals surface area (Å²) in [4.78, 5) is 4.88. The molecule has 4 unspecified atom stereocenters. The smallest absolute Gasteiger partial charge is 0.0508 e. The second kappa shape index (κ2) is 6.56. The Hall–Kier alpha value is -0.420. The van der Waals surface area contributed by atoms with Gasteiger partial charge in [-0.15, -0.1) is 0 Å². The topological polar surface area (TPSA) is 32.5 Å². The van der Waals surface area contributed by atoms with Crippen molar-refractivity contribution in [1.82, 2.24) is 9.80 Å². The van der Waals surface area contributed by atoms with Crippen LogP contribution in [0.3, 0.4) is 0 Å². The van der Waals surface area contributed by atoms with Gasteiger partial charge in [-0.2, -0.15) is 0 Å². The Bertz CT molecular complexity index is 447. The molecule has 0 radical (unpaired) electrons. The van der Waals surface area contributed by atoms with Crippen LogP contribution in [0.4, 0.5) is 0 Å². The Morgan fingerprint density at radius 2 is 1.95 bits per heavy atom. The summed E-state index contributed by atoms with van der Waals surface area (Å²) < 4.78 is 1.16. The molecule has 4 atom stereocenters. The fraction of sp³-hybridized carbons (Fsp3) is 0.625. The standard InChI is InChI=1S/C16H26BrN3/c1-11-9-20(10-15(11)19(3)4)16(12(2)18)13-7-5-6-8-14(13)17/h5-8,11-12,15-16H,9-10,18H2,1-4H3. The Morgan fingerprint density at radius 3 is 2.45 bits per heavy atom. The van der Waals surface area contributed by atoms with Crippen LogP contribution in [0.15, 0.2) is 28.7 Å². The van der Waals surface area contributed by atoms with Gasteiger partial charge >= 0.3 is 0 Å². The van der Waals surface area contributed by atoms with E-state index in [0.717, 1.165) is 17.6 Å². The molecule has 1 heterocycles. The number of nitrogens with two attached hydrogens (primary N) is 1. The number of rotatable bonds is 4. The molecule has 1 fully saturated rings. The van der Waals surface area contributed by atoms with Gasteiger partial charge in [0.1, 0.15) is 0 Å². The summed E-state index contributed by atoms with van der Waals surface area (Å²) in [6.45, 7) is 6.64. The van der Waals surface area contributed by atoms with E-state index in [9.17, 15) is 0 Å². The molecule has 0 aliphatic carbocycles. The molecule has 2 N–H and O–H groups in total. The molecular formula is C16H26BrN3. The van der Waals surface area contributed by atoms with Crippen LogP contribution in [0.1, 0.15) is 25.5 Å². The molecule has 20 heavy (non-hydrogen) atoms. The first kappa shape index (κ1) is 16.0. The molecule has 0 amide bonds. The van der Waals surface area contributed by atoms with Crippen molar-refractivity contribution in [2.45, 2.75) is 32.0 Å². The van der Waals surface area contributed by atoms with Crippen molar-refractivity contribution in [3.8, 4) is 0 Å². The van der Waals surface area contributed by atoms with Crippen LogP contribution in [0.2, 0.25) is 0 Å². The number of benzene rings is 1. The average molecular weight is 340 g/mol. The number of halogens is 1. The van der Waals surface area contributed by atoms with Crippen LogP contribution in [0, 0.1) is 5.92 Å². The van der Waals surface area contributed by atoms with Crippen molar-refractivity contribution in [3.05, 3.63) is 34.3 Å². The first-order valence-electron chi connectivity index (χ1n) is 7.32. The van der Waals surface area contributed by atoms with Gasteiger partial charge in [0.15, 0.2) is 0 Å². The lowest BCUT2D eigenvalue weighted by molar-refractivity contribution is 0.196. The number of hydrogen-bond acceptors (Lipinski definition) is 3. The summed E-state index contributed by atoms with van der Waals surface area (Å²) in [6.07, 6.45) is 0. The first-order valence-corrected chi connectivity index (χ1v) is 8.11. The van der Waals surface area contributed by atoms with Gasteiger partial charge in [0.25, 0.3) is 0 Å². The van der Waals surface area contributed by atoms with E-state index in [4.69, 9.17) is 5.73 Å². The van der Waals surface area contributed by atoms with E-state index in [1.165, 1.54) is 5.56 Å². The van der Waals surface area contributed by atoms with Crippen molar-refractivity contribution in [1.29, 1.82) is 0 Å².